The summed E-state index contributed by atoms with van der Waals surface area (Å²) in [6, 6.07) is 17.0. The van der Waals surface area contributed by atoms with Gasteiger partial charge in [0, 0.05) is 48.4 Å². The van der Waals surface area contributed by atoms with E-state index in [0.717, 1.165) is 42.8 Å². The summed E-state index contributed by atoms with van der Waals surface area (Å²) in [7, 11) is 1.63. The topological polar surface area (TPSA) is 49.4 Å². The Labute approximate surface area is 196 Å². The quantitative estimate of drug-likeness (QED) is 0.490. The standard InChI is InChI=1S/C26H33ClN4O/c1-26(2,3)30-19-11-13-31(14-12-19)23-16-25(29-22-8-6-5-7-20(22)23)28-17-18-9-10-21(27)24(15-18)32-4/h5-10,15-16,19,30H,11-14,17H2,1-4H3,(H,28,29). The van der Waals surface area contributed by atoms with Gasteiger partial charge in [-0.25, -0.2) is 4.98 Å². The first-order valence-corrected chi connectivity index (χ1v) is 11.7. The number of methoxy groups -OCH3 is 1. The summed E-state index contributed by atoms with van der Waals surface area (Å²) in [5.74, 6) is 1.56. The number of piperidine rings is 1. The molecule has 3 aromatic rings. The zero-order valence-corrected chi connectivity index (χ0v) is 20.2. The van der Waals surface area contributed by atoms with Crippen LogP contribution >= 0.6 is 11.6 Å². The molecule has 170 valence electrons. The molecule has 6 heteroatoms. The zero-order valence-electron chi connectivity index (χ0n) is 19.4. The van der Waals surface area contributed by atoms with Gasteiger partial charge < -0.3 is 20.3 Å². The predicted octanol–water partition coefficient (Wildman–Crippen LogP) is 5.87. The van der Waals surface area contributed by atoms with E-state index in [4.69, 9.17) is 21.3 Å². The van der Waals surface area contributed by atoms with E-state index in [9.17, 15) is 0 Å². The maximum atomic E-state index is 6.16. The summed E-state index contributed by atoms with van der Waals surface area (Å²) in [6.07, 6.45) is 2.28. The molecule has 1 aliphatic heterocycles. The Morgan fingerprint density at radius 1 is 1.09 bits per heavy atom. The molecule has 0 aliphatic carbocycles. The highest BCUT2D eigenvalue weighted by molar-refractivity contribution is 6.32. The van der Waals surface area contributed by atoms with E-state index in [-0.39, 0.29) is 5.54 Å². The van der Waals surface area contributed by atoms with Crippen molar-refractivity contribution in [2.75, 3.05) is 30.4 Å². The maximum absolute atomic E-state index is 6.16. The monoisotopic (exact) mass is 452 g/mol. The summed E-state index contributed by atoms with van der Waals surface area (Å²) in [5.41, 5.74) is 3.51. The fourth-order valence-electron chi connectivity index (χ4n) is 4.39. The highest BCUT2D eigenvalue weighted by Crippen LogP contribution is 2.31. The van der Waals surface area contributed by atoms with Crippen LogP contribution in [0.1, 0.15) is 39.2 Å². The molecule has 4 rings (SSSR count). The lowest BCUT2D eigenvalue weighted by Gasteiger charge is -2.37. The normalized spacial score (nSPS) is 15.2. The van der Waals surface area contributed by atoms with Gasteiger partial charge in [-0.3, -0.25) is 0 Å². The number of hydrogen-bond donors (Lipinski definition) is 2. The van der Waals surface area contributed by atoms with Gasteiger partial charge >= 0.3 is 0 Å². The summed E-state index contributed by atoms with van der Waals surface area (Å²) >= 11 is 6.16. The summed E-state index contributed by atoms with van der Waals surface area (Å²) in [5, 5.41) is 9.07. The number of fused-ring (bicyclic) bond motifs is 1. The van der Waals surface area contributed by atoms with Gasteiger partial charge in [-0.1, -0.05) is 35.9 Å². The minimum Gasteiger partial charge on any atom is -0.495 e. The summed E-state index contributed by atoms with van der Waals surface area (Å²) < 4.78 is 5.35. The fourth-order valence-corrected chi connectivity index (χ4v) is 4.59. The van der Waals surface area contributed by atoms with Crippen LogP contribution in [0.2, 0.25) is 5.02 Å². The molecule has 2 aromatic carbocycles. The molecule has 0 bridgehead atoms. The van der Waals surface area contributed by atoms with Crippen LogP contribution in [0.15, 0.2) is 48.5 Å². The smallest absolute Gasteiger partial charge is 0.137 e. The van der Waals surface area contributed by atoms with Crippen molar-refractivity contribution in [3.05, 3.63) is 59.1 Å². The molecule has 1 aliphatic rings. The number of nitrogens with one attached hydrogen (secondary N) is 2. The highest BCUT2D eigenvalue weighted by atomic mass is 35.5. The molecule has 0 unspecified atom stereocenters. The van der Waals surface area contributed by atoms with Crippen LogP contribution in [0.25, 0.3) is 10.9 Å². The van der Waals surface area contributed by atoms with Crippen LogP contribution in [0.3, 0.4) is 0 Å². The Kier molecular flexibility index (Phi) is 6.77. The van der Waals surface area contributed by atoms with Crippen molar-refractivity contribution in [2.45, 2.75) is 51.7 Å². The third kappa shape index (κ3) is 5.45. The Bertz CT molecular complexity index is 1070. The van der Waals surface area contributed by atoms with Crippen LogP contribution < -0.4 is 20.3 Å². The molecular weight excluding hydrogens is 420 g/mol. The van der Waals surface area contributed by atoms with Crippen molar-refractivity contribution in [2.24, 2.45) is 0 Å². The van der Waals surface area contributed by atoms with E-state index in [1.165, 1.54) is 11.1 Å². The van der Waals surface area contributed by atoms with Crippen molar-refractivity contribution in [1.29, 1.82) is 0 Å². The Balaban J connectivity index is 1.53. The zero-order chi connectivity index (χ0) is 22.7. The molecule has 5 nitrogen and oxygen atoms in total. The molecule has 1 saturated heterocycles. The van der Waals surface area contributed by atoms with Crippen LogP contribution in [-0.2, 0) is 6.54 Å². The number of anilines is 2. The Hall–Kier alpha value is -2.50. The average molecular weight is 453 g/mol. The molecular formula is C26H33ClN4O. The second kappa shape index (κ2) is 9.55. The minimum absolute atomic E-state index is 0.150. The predicted molar refractivity (Wildman–Crippen MR) is 135 cm³/mol. The van der Waals surface area contributed by atoms with Crippen LogP contribution in [0.4, 0.5) is 11.5 Å². The number of aromatic nitrogens is 1. The summed E-state index contributed by atoms with van der Waals surface area (Å²) in [6.45, 7) is 9.44. The van der Waals surface area contributed by atoms with Crippen LogP contribution in [0.5, 0.6) is 5.75 Å². The number of benzene rings is 2. The number of halogens is 1. The lowest BCUT2D eigenvalue weighted by atomic mass is 9.99. The number of pyridine rings is 1. The van der Waals surface area contributed by atoms with Gasteiger partial charge in [0.25, 0.3) is 0 Å². The first-order chi connectivity index (χ1) is 15.3. The first kappa shape index (κ1) is 22.7. The minimum atomic E-state index is 0.150. The molecule has 0 radical (unpaired) electrons. The van der Waals surface area contributed by atoms with Gasteiger partial charge in [-0.15, -0.1) is 0 Å². The SMILES string of the molecule is COc1cc(CNc2cc(N3CCC(NC(C)(C)C)CC3)c3ccccc3n2)ccc1Cl. The lowest BCUT2D eigenvalue weighted by Crippen LogP contribution is -2.49. The third-order valence-electron chi connectivity index (χ3n) is 5.86. The molecule has 2 N–H and O–H groups in total. The van der Waals surface area contributed by atoms with Crippen molar-refractivity contribution in [3.8, 4) is 5.75 Å². The maximum Gasteiger partial charge on any atom is 0.137 e. The largest absolute Gasteiger partial charge is 0.495 e. The van der Waals surface area contributed by atoms with Gasteiger partial charge in [0.2, 0.25) is 0 Å². The van der Waals surface area contributed by atoms with Gasteiger partial charge in [0.1, 0.15) is 11.6 Å². The van der Waals surface area contributed by atoms with Gasteiger partial charge in [0.05, 0.1) is 17.6 Å². The van der Waals surface area contributed by atoms with Crippen molar-refractivity contribution in [1.82, 2.24) is 10.3 Å². The van der Waals surface area contributed by atoms with E-state index in [1.54, 1.807) is 7.11 Å². The second-order valence-corrected chi connectivity index (χ2v) is 9.93. The first-order valence-electron chi connectivity index (χ1n) is 11.3. The van der Waals surface area contributed by atoms with Crippen LogP contribution in [0, 0.1) is 0 Å². The van der Waals surface area contributed by atoms with E-state index >= 15 is 0 Å². The van der Waals surface area contributed by atoms with Crippen LogP contribution in [-0.4, -0.2) is 36.8 Å². The molecule has 0 atom stereocenters. The number of ether oxygens (including phenoxy) is 1. The van der Waals surface area contributed by atoms with E-state index in [1.807, 2.05) is 24.3 Å². The highest BCUT2D eigenvalue weighted by Gasteiger charge is 2.24. The number of hydrogen-bond acceptors (Lipinski definition) is 5. The van der Waals surface area contributed by atoms with Crippen molar-refractivity contribution >= 4 is 34.0 Å². The molecule has 0 spiro atoms. The lowest BCUT2D eigenvalue weighted by molar-refractivity contribution is 0.317. The number of para-hydroxylation sites is 1. The molecule has 1 aromatic heterocycles. The van der Waals surface area contributed by atoms with Gasteiger partial charge in [0.15, 0.2) is 0 Å². The van der Waals surface area contributed by atoms with Gasteiger partial charge in [-0.2, -0.15) is 0 Å². The Morgan fingerprint density at radius 3 is 2.56 bits per heavy atom. The van der Waals surface area contributed by atoms with Crippen molar-refractivity contribution in [3.63, 3.8) is 0 Å². The molecule has 0 saturated carbocycles. The second-order valence-electron chi connectivity index (χ2n) is 9.52. The van der Waals surface area contributed by atoms with E-state index < -0.39 is 0 Å². The number of rotatable bonds is 6. The fraction of sp³-hybridized carbons (Fsp3) is 0.423. The third-order valence-corrected chi connectivity index (χ3v) is 6.17. The Morgan fingerprint density at radius 2 is 1.84 bits per heavy atom. The van der Waals surface area contributed by atoms with Gasteiger partial charge in [-0.05, 0) is 57.4 Å². The average Bonchev–Trinajstić information content (AvgIpc) is 2.77. The molecule has 0 amide bonds. The molecule has 1 fully saturated rings. The van der Waals surface area contributed by atoms with Crippen molar-refractivity contribution < 1.29 is 4.74 Å². The molecule has 2 heterocycles. The molecule has 32 heavy (non-hydrogen) atoms. The van der Waals surface area contributed by atoms with E-state index in [2.05, 4.69) is 60.6 Å². The van der Waals surface area contributed by atoms with E-state index in [0.29, 0.717) is 23.4 Å². The number of nitrogens with zero attached hydrogens (tertiary/aromatic N) is 2. The summed E-state index contributed by atoms with van der Waals surface area (Å²) in [4.78, 5) is 7.36.